The highest BCUT2D eigenvalue weighted by Crippen LogP contribution is 2.39. The van der Waals surface area contributed by atoms with E-state index in [4.69, 9.17) is 16.3 Å². The van der Waals surface area contributed by atoms with E-state index < -0.39 is 0 Å². The summed E-state index contributed by atoms with van der Waals surface area (Å²) < 4.78 is 5.20. The fraction of sp³-hybridized carbons (Fsp3) is 0.308. The molecule has 1 heterocycles. The third-order valence-electron chi connectivity index (χ3n) is 3.16. The molecule has 0 radical (unpaired) electrons. The van der Waals surface area contributed by atoms with Crippen LogP contribution in [0, 0.1) is 0 Å². The Kier molecular flexibility index (Phi) is 2.37. The maximum absolute atomic E-state index is 12.1. The summed E-state index contributed by atoms with van der Waals surface area (Å²) in [4.78, 5) is 15.4. The molecular weight excluding hydrogens is 238 g/mol. The van der Waals surface area contributed by atoms with Crippen LogP contribution < -0.4 is 10.2 Å². The lowest BCUT2D eigenvalue weighted by atomic mass is 10.1. The number of halogens is 1. The van der Waals surface area contributed by atoms with Crippen molar-refractivity contribution in [3.8, 4) is 5.75 Å². The monoisotopic (exact) mass is 249 g/mol. The summed E-state index contributed by atoms with van der Waals surface area (Å²) >= 11 is 6.13. The standard InChI is InChI=1S/C13H12ClNO2/c1-17-11-5-4-8(14)13-12(11)10(16)6-9(15-13)7-2-3-7/h4-7H,2-3H2,1H3,(H,15,16). The molecule has 0 bridgehead atoms. The van der Waals surface area contributed by atoms with Crippen molar-refractivity contribution in [2.45, 2.75) is 18.8 Å². The van der Waals surface area contributed by atoms with E-state index in [1.54, 1.807) is 25.3 Å². The van der Waals surface area contributed by atoms with Gasteiger partial charge in [0.25, 0.3) is 0 Å². The molecule has 88 valence electrons. The molecule has 1 aromatic heterocycles. The van der Waals surface area contributed by atoms with Crippen LogP contribution in [0.1, 0.15) is 24.5 Å². The number of methoxy groups -OCH3 is 1. The molecule has 2 aromatic rings. The second kappa shape index (κ2) is 3.77. The van der Waals surface area contributed by atoms with Crippen LogP contribution in [0.3, 0.4) is 0 Å². The van der Waals surface area contributed by atoms with Gasteiger partial charge in [-0.15, -0.1) is 0 Å². The maximum Gasteiger partial charge on any atom is 0.193 e. The molecule has 4 heteroatoms. The highest BCUT2D eigenvalue weighted by Gasteiger charge is 2.25. The SMILES string of the molecule is COc1ccc(Cl)c2[nH]c(C3CC3)cc(=O)c12. The van der Waals surface area contributed by atoms with Crippen LogP contribution in [0.25, 0.3) is 10.9 Å². The van der Waals surface area contributed by atoms with Crippen molar-refractivity contribution < 1.29 is 4.74 Å². The Balaban J connectivity index is 2.37. The first-order chi connectivity index (χ1) is 8.20. The van der Waals surface area contributed by atoms with Gasteiger partial charge in [0, 0.05) is 11.8 Å². The summed E-state index contributed by atoms with van der Waals surface area (Å²) in [6, 6.07) is 5.13. The van der Waals surface area contributed by atoms with E-state index in [-0.39, 0.29) is 5.43 Å². The van der Waals surface area contributed by atoms with Gasteiger partial charge < -0.3 is 9.72 Å². The minimum atomic E-state index is -0.0278. The number of pyridine rings is 1. The first-order valence-corrected chi connectivity index (χ1v) is 5.98. The highest BCUT2D eigenvalue weighted by atomic mass is 35.5. The fourth-order valence-electron chi connectivity index (χ4n) is 2.10. The number of rotatable bonds is 2. The zero-order valence-corrected chi connectivity index (χ0v) is 10.2. The van der Waals surface area contributed by atoms with Gasteiger partial charge in [0.05, 0.1) is 23.0 Å². The van der Waals surface area contributed by atoms with Gasteiger partial charge in [-0.05, 0) is 30.9 Å². The second-order valence-corrected chi connectivity index (χ2v) is 4.77. The summed E-state index contributed by atoms with van der Waals surface area (Å²) in [5.41, 5.74) is 1.64. The number of aromatic amines is 1. The Bertz CT molecular complexity index is 644. The average molecular weight is 250 g/mol. The van der Waals surface area contributed by atoms with Gasteiger partial charge in [0.2, 0.25) is 0 Å². The van der Waals surface area contributed by atoms with Crippen molar-refractivity contribution in [3.63, 3.8) is 0 Å². The van der Waals surface area contributed by atoms with Gasteiger partial charge in [-0.1, -0.05) is 11.6 Å². The molecule has 0 saturated heterocycles. The molecule has 0 atom stereocenters. The van der Waals surface area contributed by atoms with Crippen molar-refractivity contribution in [1.29, 1.82) is 0 Å². The Hall–Kier alpha value is -1.48. The first-order valence-electron chi connectivity index (χ1n) is 5.60. The van der Waals surface area contributed by atoms with Crippen LogP contribution in [-0.4, -0.2) is 12.1 Å². The molecule has 0 amide bonds. The van der Waals surface area contributed by atoms with Crippen LogP contribution in [0.5, 0.6) is 5.75 Å². The predicted octanol–water partition coefficient (Wildman–Crippen LogP) is 3.07. The van der Waals surface area contributed by atoms with E-state index in [1.165, 1.54) is 0 Å². The summed E-state index contributed by atoms with van der Waals surface area (Å²) in [7, 11) is 1.55. The Morgan fingerprint density at radius 3 is 2.82 bits per heavy atom. The van der Waals surface area contributed by atoms with Crippen LogP contribution in [0.2, 0.25) is 5.02 Å². The quantitative estimate of drug-likeness (QED) is 0.889. The number of hydrogen-bond acceptors (Lipinski definition) is 2. The topological polar surface area (TPSA) is 42.1 Å². The lowest BCUT2D eigenvalue weighted by Crippen LogP contribution is -2.06. The van der Waals surface area contributed by atoms with E-state index in [0.29, 0.717) is 27.6 Å². The van der Waals surface area contributed by atoms with Crippen LogP contribution in [0.15, 0.2) is 23.0 Å². The number of fused-ring (bicyclic) bond motifs is 1. The van der Waals surface area contributed by atoms with Gasteiger partial charge in [-0.2, -0.15) is 0 Å². The number of nitrogens with one attached hydrogen (secondary N) is 1. The van der Waals surface area contributed by atoms with E-state index in [1.807, 2.05) is 0 Å². The molecule has 1 saturated carbocycles. The molecular formula is C13H12ClNO2. The molecule has 3 rings (SSSR count). The molecule has 0 unspecified atom stereocenters. The van der Waals surface area contributed by atoms with Crippen LogP contribution >= 0.6 is 11.6 Å². The summed E-state index contributed by atoms with van der Waals surface area (Å²) in [5, 5.41) is 1.09. The van der Waals surface area contributed by atoms with Crippen molar-refractivity contribution in [1.82, 2.24) is 4.98 Å². The maximum atomic E-state index is 12.1. The number of aromatic nitrogens is 1. The molecule has 3 nitrogen and oxygen atoms in total. The van der Waals surface area contributed by atoms with Gasteiger partial charge in [0.1, 0.15) is 5.75 Å². The van der Waals surface area contributed by atoms with Gasteiger partial charge in [-0.3, -0.25) is 4.79 Å². The second-order valence-electron chi connectivity index (χ2n) is 4.36. The lowest BCUT2D eigenvalue weighted by Gasteiger charge is -2.08. The van der Waals surface area contributed by atoms with E-state index >= 15 is 0 Å². The van der Waals surface area contributed by atoms with Gasteiger partial charge in [0.15, 0.2) is 5.43 Å². The van der Waals surface area contributed by atoms with Crippen LogP contribution in [-0.2, 0) is 0 Å². The number of H-pyrrole nitrogens is 1. The van der Waals surface area contributed by atoms with Crippen molar-refractivity contribution in [2.24, 2.45) is 0 Å². The van der Waals surface area contributed by atoms with Crippen LogP contribution in [0.4, 0.5) is 0 Å². The zero-order valence-electron chi connectivity index (χ0n) is 9.42. The van der Waals surface area contributed by atoms with Crippen molar-refractivity contribution in [2.75, 3.05) is 7.11 Å². The average Bonchev–Trinajstić information content (AvgIpc) is 3.14. The lowest BCUT2D eigenvalue weighted by molar-refractivity contribution is 0.419. The fourth-order valence-corrected chi connectivity index (χ4v) is 2.31. The summed E-state index contributed by atoms with van der Waals surface area (Å²) in [6.45, 7) is 0. The van der Waals surface area contributed by atoms with Crippen molar-refractivity contribution >= 4 is 22.5 Å². The van der Waals surface area contributed by atoms with E-state index in [9.17, 15) is 4.79 Å². The molecule has 1 fully saturated rings. The third-order valence-corrected chi connectivity index (χ3v) is 3.47. The Morgan fingerprint density at radius 1 is 1.41 bits per heavy atom. The molecule has 1 N–H and O–H groups in total. The molecule has 17 heavy (non-hydrogen) atoms. The Morgan fingerprint density at radius 2 is 2.18 bits per heavy atom. The number of hydrogen-bond donors (Lipinski definition) is 1. The first kappa shape index (κ1) is 10.7. The summed E-state index contributed by atoms with van der Waals surface area (Å²) in [5.74, 6) is 1.06. The van der Waals surface area contributed by atoms with Crippen molar-refractivity contribution in [3.05, 3.63) is 39.1 Å². The zero-order chi connectivity index (χ0) is 12.0. The predicted molar refractivity (Wildman–Crippen MR) is 68.1 cm³/mol. The molecule has 0 spiro atoms. The summed E-state index contributed by atoms with van der Waals surface area (Å²) in [6.07, 6.45) is 2.28. The normalized spacial score (nSPS) is 15.2. The van der Waals surface area contributed by atoms with E-state index in [0.717, 1.165) is 18.5 Å². The Labute approximate surface area is 103 Å². The largest absolute Gasteiger partial charge is 0.496 e. The molecule has 0 aliphatic heterocycles. The van der Waals surface area contributed by atoms with Gasteiger partial charge >= 0.3 is 0 Å². The molecule has 1 aliphatic carbocycles. The third kappa shape index (κ3) is 1.71. The number of ether oxygens (including phenoxy) is 1. The molecule has 1 aromatic carbocycles. The minimum absolute atomic E-state index is 0.0278. The number of benzene rings is 1. The molecule has 1 aliphatic rings. The van der Waals surface area contributed by atoms with Gasteiger partial charge in [-0.25, -0.2) is 0 Å². The highest BCUT2D eigenvalue weighted by molar-refractivity contribution is 6.35. The minimum Gasteiger partial charge on any atom is -0.496 e. The smallest absolute Gasteiger partial charge is 0.193 e. The van der Waals surface area contributed by atoms with E-state index in [2.05, 4.69) is 4.98 Å².